The maximum absolute atomic E-state index is 12.4. The van der Waals surface area contributed by atoms with Crippen molar-refractivity contribution in [1.82, 2.24) is 10.9 Å². The first-order chi connectivity index (χ1) is 13.5. The Labute approximate surface area is 167 Å². The molecular weight excluding hydrogens is 356 g/mol. The maximum Gasteiger partial charge on any atom is 0.269 e. The number of fused-ring (bicyclic) bond motifs is 2. The van der Waals surface area contributed by atoms with E-state index in [2.05, 4.69) is 24.7 Å². The summed E-state index contributed by atoms with van der Waals surface area (Å²) in [5.74, 6) is 3.16. The summed E-state index contributed by atoms with van der Waals surface area (Å²) in [6.07, 6.45) is 6.43. The van der Waals surface area contributed by atoms with Crippen LogP contribution in [0.2, 0.25) is 0 Å². The smallest absolute Gasteiger partial charge is 0.269 e. The quantitative estimate of drug-likeness (QED) is 0.666. The summed E-state index contributed by atoms with van der Waals surface area (Å²) in [6.45, 7) is 4.87. The minimum absolute atomic E-state index is 0.119. The highest BCUT2D eigenvalue weighted by Gasteiger charge is 2.40. The third-order valence-electron chi connectivity index (χ3n) is 6.03. The maximum atomic E-state index is 12.4. The third-order valence-corrected chi connectivity index (χ3v) is 6.03. The predicted molar refractivity (Wildman–Crippen MR) is 107 cm³/mol. The first kappa shape index (κ1) is 20.5. The van der Waals surface area contributed by atoms with E-state index in [0.29, 0.717) is 47.8 Å². The molecule has 6 heteroatoms. The molecule has 2 saturated carbocycles. The highest BCUT2D eigenvalue weighted by Crippen LogP contribution is 2.49. The van der Waals surface area contributed by atoms with E-state index in [9.17, 15) is 9.59 Å². The molecule has 2 N–H and O–H groups in total. The van der Waals surface area contributed by atoms with E-state index < -0.39 is 0 Å². The van der Waals surface area contributed by atoms with Gasteiger partial charge in [0.2, 0.25) is 5.91 Å². The predicted octanol–water partition coefficient (Wildman–Crippen LogP) is 3.71. The Kier molecular flexibility index (Phi) is 6.81. The summed E-state index contributed by atoms with van der Waals surface area (Å²) >= 11 is 0. The molecule has 0 heterocycles. The molecule has 3 rings (SSSR count). The number of rotatable bonds is 8. The monoisotopic (exact) mass is 388 g/mol. The van der Waals surface area contributed by atoms with Gasteiger partial charge >= 0.3 is 0 Å². The number of carbonyl (C=O) groups excluding carboxylic acids is 2. The van der Waals surface area contributed by atoms with Crippen LogP contribution in [0.5, 0.6) is 11.5 Å². The summed E-state index contributed by atoms with van der Waals surface area (Å²) in [6, 6.07) is 5.03. The minimum Gasteiger partial charge on any atom is -0.493 e. The fourth-order valence-electron chi connectivity index (χ4n) is 4.45. The highest BCUT2D eigenvalue weighted by atomic mass is 16.5. The second-order valence-electron chi connectivity index (χ2n) is 8.54. The lowest BCUT2D eigenvalue weighted by atomic mass is 9.86. The van der Waals surface area contributed by atoms with E-state index in [1.165, 1.54) is 19.3 Å². The Hall–Kier alpha value is -2.24. The van der Waals surface area contributed by atoms with Crippen molar-refractivity contribution in [2.75, 3.05) is 13.7 Å². The molecule has 154 valence electrons. The van der Waals surface area contributed by atoms with Gasteiger partial charge in [0, 0.05) is 12.0 Å². The highest BCUT2D eigenvalue weighted by molar-refractivity contribution is 5.96. The first-order valence-electron chi connectivity index (χ1n) is 10.4. The number of methoxy groups -OCH3 is 1. The van der Waals surface area contributed by atoms with Gasteiger partial charge in [0.1, 0.15) is 0 Å². The number of ether oxygens (including phenoxy) is 2. The Morgan fingerprint density at radius 1 is 1.14 bits per heavy atom. The van der Waals surface area contributed by atoms with E-state index in [-0.39, 0.29) is 11.8 Å². The van der Waals surface area contributed by atoms with Crippen molar-refractivity contribution in [3.8, 4) is 11.5 Å². The van der Waals surface area contributed by atoms with E-state index in [1.807, 2.05) is 0 Å². The molecule has 0 radical (unpaired) electrons. The van der Waals surface area contributed by atoms with Gasteiger partial charge in [-0.05, 0) is 67.6 Å². The average Bonchev–Trinajstić information content (AvgIpc) is 3.29. The molecule has 2 aliphatic rings. The SMILES string of the molecule is COc1cc(C(=O)NNC(=O)C[C@H]2C[C@H]3CC[C@@H]2C3)ccc1OCCC(C)C. The molecule has 0 aromatic heterocycles. The van der Waals surface area contributed by atoms with Crippen molar-refractivity contribution < 1.29 is 19.1 Å². The van der Waals surface area contributed by atoms with Crippen molar-refractivity contribution in [2.24, 2.45) is 23.7 Å². The molecule has 0 unspecified atom stereocenters. The molecule has 2 bridgehead atoms. The standard InChI is InChI=1S/C22H32N2O4/c1-14(2)8-9-28-19-7-6-17(12-20(19)27-3)22(26)24-23-21(25)13-18-11-15-4-5-16(18)10-15/h6-7,12,14-16,18H,4-5,8-11,13H2,1-3H3,(H,23,25)(H,24,26)/t15-,16+,18+/m0/s1. The van der Waals surface area contributed by atoms with Gasteiger partial charge in [-0.15, -0.1) is 0 Å². The van der Waals surface area contributed by atoms with Crippen LogP contribution in [-0.4, -0.2) is 25.5 Å². The summed E-state index contributed by atoms with van der Waals surface area (Å²) in [5.41, 5.74) is 5.48. The van der Waals surface area contributed by atoms with Crippen LogP contribution in [0.15, 0.2) is 18.2 Å². The lowest BCUT2D eigenvalue weighted by molar-refractivity contribution is -0.123. The zero-order valence-electron chi connectivity index (χ0n) is 17.1. The molecule has 6 nitrogen and oxygen atoms in total. The van der Waals surface area contributed by atoms with Gasteiger partial charge in [0.15, 0.2) is 11.5 Å². The van der Waals surface area contributed by atoms with Gasteiger partial charge in [-0.1, -0.05) is 20.3 Å². The molecule has 2 aliphatic carbocycles. The number of hydrogen-bond acceptors (Lipinski definition) is 4. The molecule has 1 aromatic carbocycles. The molecule has 0 aliphatic heterocycles. The Balaban J connectivity index is 1.48. The zero-order chi connectivity index (χ0) is 20.1. The Morgan fingerprint density at radius 2 is 1.96 bits per heavy atom. The second kappa shape index (κ2) is 9.30. The number of carbonyl (C=O) groups is 2. The van der Waals surface area contributed by atoms with Crippen LogP contribution in [0.1, 0.15) is 62.7 Å². The third kappa shape index (κ3) is 5.18. The molecule has 2 fully saturated rings. The van der Waals surface area contributed by atoms with Crippen LogP contribution in [0.25, 0.3) is 0 Å². The second-order valence-corrected chi connectivity index (χ2v) is 8.54. The largest absolute Gasteiger partial charge is 0.493 e. The van der Waals surface area contributed by atoms with Gasteiger partial charge in [0.25, 0.3) is 5.91 Å². The zero-order valence-corrected chi connectivity index (χ0v) is 17.1. The average molecular weight is 389 g/mol. The van der Waals surface area contributed by atoms with Crippen LogP contribution in [0.3, 0.4) is 0 Å². The summed E-state index contributed by atoms with van der Waals surface area (Å²) < 4.78 is 11.1. The summed E-state index contributed by atoms with van der Waals surface area (Å²) in [7, 11) is 1.55. The van der Waals surface area contributed by atoms with E-state index in [4.69, 9.17) is 9.47 Å². The number of amides is 2. The molecule has 0 saturated heterocycles. The fourth-order valence-corrected chi connectivity index (χ4v) is 4.45. The van der Waals surface area contributed by atoms with Crippen molar-refractivity contribution in [3.05, 3.63) is 23.8 Å². The van der Waals surface area contributed by atoms with Crippen molar-refractivity contribution >= 4 is 11.8 Å². The lowest BCUT2D eigenvalue weighted by Gasteiger charge is -2.21. The molecule has 2 amide bonds. The number of hydrazine groups is 1. The molecule has 1 aromatic rings. The fraction of sp³-hybridized carbons (Fsp3) is 0.636. The normalized spacial score (nSPS) is 22.9. The molecule has 0 spiro atoms. The van der Waals surface area contributed by atoms with Crippen LogP contribution in [0, 0.1) is 23.7 Å². The van der Waals surface area contributed by atoms with Crippen molar-refractivity contribution in [2.45, 2.75) is 52.4 Å². The van der Waals surface area contributed by atoms with Gasteiger partial charge in [0.05, 0.1) is 13.7 Å². The summed E-state index contributed by atoms with van der Waals surface area (Å²) in [5, 5.41) is 0. The van der Waals surface area contributed by atoms with E-state index in [1.54, 1.807) is 25.3 Å². The molecule has 28 heavy (non-hydrogen) atoms. The van der Waals surface area contributed by atoms with Crippen LogP contribution in [-0.2, 0) is 4.79 Å². The van der Waals surface area contributed by atoms with E-state index in [0.717, 1.165) is 18.8 Å². The number of nitrogens with one attached hydrogen (secondary N) is 2. The topological polar surface area (TPSA) is 76.7 Å². The minimum atomic E-state index is -0.367. The Bertz CT molecular complexity index is 704. The van der Waals surface area contributed by atoms with Crippen LogP contribution in [0.4, 0.5) is 0 Å². The molecule has 3 atom stereocenters. The van der Waals surface area contributed by atoms with Crippen molar-refractivity contribution in [3.63, 3.8) is 0 Å². The van der Waals surface area contributed by atoms with Gasteiger partial charge in [-0.2, -0.15) is 0 Å². The van der Waals surface area contributed by atoms with Crippen molar-refractivity contribution in [1.29, 1.82) is 0 Å². The number of hydrogen-bond donors (Lipinski definition) is 2. The van der Waals surface area contributed by atoms with Gasteiger partial charge < -0.3 is 9.47 Å². The lowest BCUT2D eigenvalue weighted by Crippen LogP contribution is -2.42. The van der Waals surface area contributed by atoms with E-state index >= 15 is 0 Å². The Morgan fingerprint density at radius 3 is 2.61 bits per heavy atom. The van der Waals surface area contributed by atoms with Crippen LogP contribution < -0.4 is 20.3 Å². The van der Waals surface area contributed by atoms with Crippen LogP contribution >= 0.6 is 0 Å². The van der Waals surface area contributed by atoms with Gasteiger partial charge in [-0.25, -0.2) is 0 Å². The number of benzene rings is 1. The summed E-state index contributed by atoms with van der Waals surface area (Å²) in [4.78, 5) is 24.6. The van der Waals surface area contributed by atoms with Gasteiger partial charge in [-0.3, -0.25) is 20.4 Å². The first-order valence-corrected chi connectivity index (χ1v) is 10.4. The molecular formula is C22H32N2O4.